The first-order valence-electron chi connectivity index (χ1n) is 6.68. The van der Waals surface area contributed by atoms with Gasteiger partial charge in [-0.2, -0.15) is 0 Å². The fourth-order valence-corrected chi connectivity index (χ4v) is 3.30. The van der Waals surface area contributed by atoms with E-state index < -0.39 is 15.4 Å². The number of carbonyl (C=O) groups is 1. The lowest BCUT2D eigenvalue weighted by Crippen LogP contribution is -2.62. The van der Waals surface area contributed by atoms with Crippen molar-refractivity contribution in [3.63, 3.8) is 0 Å². The normalized spacial score (nSPS) is 19.0. The van der Waals surface area contributed by atoms with Gasteiger partial charge in [0.2, 0.25) is 5.91 Å². The number of nitrogen functional groups attached to an aromatic ring is 1. The second kappa shape index (κ2) is 4.91. The molecule has 7 heteroatoms. The summed E-state index contributed by atoms with van der Waals surface area (Å²) < 4.78 is 23.1. The summed E-state index contributed by atoms with van der Waals surface area (Å²) in [6.07, 6.45) is 1.14. The number of nitrogens with two attached hydrogens (primary N) is 1. The number of piperazine rings is 1. The van der Waals surface area contributed by atoms with E-state index in [1.54, 1.807) is 18.0 Å². The van der Waals surface area contributed by atoms with Crippen molar-refractivity contribution in [3.8, 4) is 0 Å². The number of sulfone groups is 1. The van der Waals surface area contributed by atoms with Crippen LogP contribution in [0.3, 0.4) is 0 Å². The molecule has 21 heavy (non-hydrogen) atoms. The van der Waals surface area contributed by atoms with Crippen LogP contribution in [0.1, 0.15) is 13.8 Å². The number of hydrogen-bond donors (Lipinski definition) is 1. The fraction of sp³-hybridized carbons (Fsp3) is 0.500. The van der Waals surface area contributed by atoms with Crippen LogP contribution in [0, 0.1) is 0 Å². The van der Waals surface area contributed by atoms with Crippen LogP contribution in [0.25, 0.3) is 0 Å². The zero-order valence-electron chi connectivity index (χ0n) is 12.8. The van der Waals surface area contributed by atoms with Crippen molar-refractivity contribution < 1.29 is 13.2 Å². The number of benzene rings is 1. The van der Waals surface area contributed by atoms with E-state index in [1.165, 1.54) is 12.1 Å². The van der Waals surface area contributed by atoms with Gasteiger partial charge in [0.15, 0.2) is 9.84 Å². The second-order valence-electron chi connectivity index (χ2n) is 5.93. The smallest absolute Gasteiger partial charge is 0.247 e. The lowest BCUT2D eigenvalue weighted by Gasteiger charge is -2.46. The van der Waals surface area contributed by atoms with Crippen LogP contribution >= 0.6 is 0 Å². The van der Waals surface area contributed by atoms with Crippen molar-refractivity contribution in [1.82, 2.24) is 4.90 Å². The van der Waals surface area contributed by atoms with Crippen LogP contribution in [-0.4, -0.2) is 51.2 Å². The number of nitrogens with zero attached hydrogens (tertiary/aromatic N) is 2. The molecule has 0 aliphatic carbocycles. The Labute approximate surface area is 125 Å². The van der Waals surface area contributed by atoms with Crippen LogP contribution in [0.2, 0.25) is 0 Å². The number of likely N-dealkylation sites (N-methyl/N-ethyl adjacent to an activating group) is 1. The monoisotopic (exact) mass is 311 g/mol. The SMILES string of the molecule is CN1CCN(c2ccc(S(C)(=O)=O)cc2N)C(C)(C)C1=O. The van der Waals surface area contributed by atoms with Crippen molar-refractivity contribution in [1.29, 1.82) is 0 Å². The summed E-state index contributed by atoms with van der Waals surface area (Å²) in [4.78, 5) is 16.1. The minimum Gasteiger partial charge on any atom is -0.397 e. The summed E-state index contributed by atoms with van der Waals surface area (Å²) in [5.41, 5.74) is 6.36. The van der Waals surface area contributed by atoms with Gasteiger partial charge in [-0.3, -0.25) is 4.79 Å². The van der Waals surface area contributed by atoms with Gasteiger partial charge in [-0.25, -0.2) is 8.42 Å². The molecular weight excluding hydrogens is 290 g/mol. The van der Waals surface area contributed by atoms with Crippen molar-refractivity contribution in [3.05, 3.63) is 18.2 Å². The molecule has 0 aromatic heterocycles. The fourth-order valence-electron chi connectivity index (χ4n) is 2.64. The van der Waals surface area contributed by atoms with Crippen LogP contribution < -0.4 is 10.6 Å². The van der Waals surface area contributed by atoms with Crippen LogP contribution in [-0.2, 0) is 14.6 Å². The Morgan fingerprint density at radius 2 is 1.86 bits per heavy atom. The van der Waals surface area contributed by atoms with Gasteiger partial charge in [-0.1, -0.05) is 0 Å². The van der Waals surface area contributed by atoms with Crippen LogP contribution in [0.4, 0.5) is 11.4 Å². The topological polar surface area (TPSA) is 83.7 Å². The van der Waals surface area contributed by atoms with E-state index in [0.717, 1.165) is 6.26 Å². The number of anilines is 2. The summed E-state index contributed by atoms with van der Waals surface area (Å²) in [6, 6.07) is 4.65. The van der Waals surface area contributed by atoms with Crippen molar-refractivity contribution in [2.75, 3.05) is 37.0 Å². The molecule has 1 saturated heterocycles. The van der Waals surface area contributed by atoms with E-state index in [0.29, 0.717) is 24.5 Å². The molecule has 0 unspecified atom stereocenters. The lowest BCUT2D eigenvalue weighted by molar-refractivity contribution is -0.136. The van der Waals surface area contributed by atoms with E-state index in [9.17, 15) is 13.2 Å². The molecule has 1 aromatic carbocycles. The van der Waals surface area contributed by atoms with Crippen LogP contribution in [0.5, 0.6) is 0 Å². The first kappa shape index (κ1) is 15.6. The van der Waals surface area contributed by atoms with E-state index in [2.05, 4.69) is 0 Å². The average molecular weight is 311 g/mol. The summed E-state index contributed by atoms with van der Waals surface area (Å²) in [6.45, 7) is 4.94. The Hall–Kier alpha value is -1.76. The summed E-state index contributed by atoms with van der Waals surface area (Å²) >= 11 is 0. The van der Waals surface area contributed by atoms with Crippen LogP contribution in [0.15, 0.2) is 23.1 Å². The zero-order chi connectivity index (χ0) is 16.0. The van der Waals surface area contributed by atoms with E-state index in [1.807, 2.05) is 18.7 Å². The first-order valence-corrected chi connectivity index (χ1v) is 8.57. The predicted molar refractivity (Wildman–Crippen MR) is 83.0 cm³/mol. The highest BCUT2D eigenvalue weighted by molar-refractivity contribution is 7.90. The highest BCUT2D eigenvalue weighted by Gasteiger charge is 2.41. The lowest BCUT2D eigenvalue weighted by atomic mass is 9.96. The van der Waals surface area contributed by atoms with E-state index >= 15 is 0 Å². The highest BCUT2D eigenvalue weighted by Crippen LogP contribution is 2.33. The molecule has 0 atom stereocenters. The largest absolute Gasteiger partial charge is 0.397 e. The van der Waals surface area contributed by atoms with Crippen molar-refractivity contribution in [2.45, 2.75) is 24.3 Å². The predicted octanol–water partition coefficient (Wildman–Crippen LogP) is 0.729. The van der Waals surface area contributed by atoms with Gasteiger partial charge >= 0.3 is 0 Å². The van der Waals surface area contributed by atoms with E-state index in [-0.39, 0.29) is 10.8 Å². The van der Waals surface area contributed by atoms with Crippen molar-refractivity contribution in [2.24, 2.45) is 0 Å². The summed E-state index contributed by atoms with van der Waals surface area (Å²) in [7, 11) is -1.52. The summed E-state index contributed by atoms with van der Waals surface area (Å²) in [5.74, 6) is 0.0142. The van der Waals surface area contributed by atoms with Gasteiger partial charge in [-0.05, 0) is 32.0 Å². The maximum absolute atomic E-state index is 12.3. The molecule has 6 nitrogen and oxygen atoms in total. The molecule has 2 N–H and O–H groups in total. The molecule has 0 saturated carbocycles. The zero-order valence-corrected chi connectivity index (χ0v) is 13.6. The molecule has 0 spiro atoms. The third-order valence-corrected chi connectivity index (χ3v) is 5.03. The van der Waals surface area contributed by atoms with E-state index in [4.69, 9.17) is 5.73 Å². The third-order valence-electron chi connectivity index (χ3n) is 3.92. The number of amides is 1. The molecule has 0 radical (unpaired) electrons. The van der Waals surface area contributed by atoms with Crippen molar-refractivity contribution >= 4 is 27.1 Å². The van der Waals surface area contributed by atoms with Gasteiger partial charge in [0, 0.05) is 26.4 Å². The minimum atomic E-state index is -3.29. The highest BCUT2D eigenvalue weighted by atomic mass is 32.2. The number of carbonyl (C=O) groups excluding carboxylic acids is 1. The van der Waals surface area contributed by atoms with Gasteiger partial charge in [0.05, 0.1) is 16.3 Å². The quantitative estimate of drug-likeness (QED) is 0.814. The van der Waals surface area contributed by atoms with Gasteiger partial charge < -0.3 is 15.5 Å². The maximum Gasteiger partial charge on any atom is 0.247 e. The molecule has 1 fully saturated rings. The number of hydrogen-bond acceptors (Lipinski definition) is 5. The third kappa shape index (κ3) is 2.70. The second-order valence-corrected chi connectivity index (χ2v) is 7.95. The molecule has 0 bridgehead atoms. The molecule has 2 rings (SSSR count). The Balaban J connectivity index is 2.45. The van der Waals surface area contributed by atoms with Gasteiger partial charge in [-0.15, -0.1) is 0 Å². The first-order chi connectivity index (χ1) is 9.55. The molecule has 116 valence electrons. The van der Waals surface area contributed by atoms with Gasteiger partial charge in [0.1, 0.15) is 5.54 Å². The maximum atomic E-state index is 12.3. The van der Waals surface area contributed by atoms with Gasteiger partial charge in [0.25, 0.3) is 0 Å². The Morgan fingerprint density at radius 1 is 1.24 bits per heavy atom. The Kier molecular flexibility index (Phi) is 3.65. The molecule has 1 amide bonds. The minimum absolute atomic E-state index is 0.0142. The molecule has 1 aliphatic heterocycles. The number of rotatable bonds is 2. The average Bonchev–Trinajstić information content (AvgIpc) is 2.36. The molecule has 1 aliphatic rings. The molecular formula is C14H21N3O3S. The molecule has 1 aromatic rings. The summed E-state index contributed by atoms with van der Waals surface area (Å²) in [5, 5.41) is 0. The Bertz CT molecular complexity index is 683. The molecule has 1 heterocycles. The Morgan fingerprint density at radius 3 is 2.38 bits per heavy atom. The standard InChI is InChI=1S/C14H21N3O3S/c1-14(2)13(18)16(3)7-8-17(14)12-6-5-10(9-11(12)15)21(4,19)20/h5-6,9H,7-8,15H2,1-4H3.